The van der Waals surface area contributed by atoms with Gasteiger partial charge in [-0.25, -0.2) is 9.18 Å². The van der Waals surface area contributed by atoms with Crippen LogP contribution >= 0.6 is 0 Å². The standard InChI is InChI=1S/C12H12FNO3/c1-7-2-3-8(9(13)6-7)10(15)14-12(4-5-12)11(16)17/h2-3,6H,4-5H2,1H3,(H,14,15)(H,16,17). The van der Waals surface area contributed by atoms with E-state index in [1.165, 1.54) is 12.1 Å². The zero-order valence-electron chi connectivity index (χ0n) is 9.29. The van der Waals surface area contributed by atoms with Crippen molar-refractivity contribution in [3.8, 4) is 0 Å². The summed E-state index contributed by atoms with van der Waals surface area (Å²) in [5.74, 6) is -2.38. The van der Waals surface area contributed by atoms with Crippen LogP contribution in [0.5, 0.6) is 0 Å². The van der Waals surface area contributed by atoms with E-state index in [-0.39, 0.29) is 5.56 Å². The van der Waals surface area contributed by atoms with E-state index in [9.17, 15) is 14.0 Å². The van der Waals surface area contributed by atoms with Crippen molar-refractivity contribution in [2.24, 2.45) is 0 Å². The lowest BCUT2D eigenvalue weighted by atomic mass is 10.1. The van der Waals surface area contributed by atoms with Crippen LogP contribution in [0.25, 0.3) is 0 Å². The monoisotopic (exact) mass is 237 g/mol. The topological polar surface area (TPSA) is 66.4 Å². The number of carboxylic acid groups (broad SMARTS) is 1. The Bertz CT molecular complexity index is 495. The average Bonchev–Trinajstić information content (AvgIpc) is 2.98. The van der Waals surface area contributed by atoms with E-state index in [0.717, 1.165) is 0 Å². The van der Waals surface area contributed by atoms with Crippen molar-refractivity contribution >= 4 is 11.9 Å². The lowest BCUT2D eigenvalue weighted by Gasteiger charge is -2.12. The summed E-state index contributed by atoms with van der Waals surface area (Å²) in [5.41, 5.74) is -0.601. The van der Waals surface area contributed by atoms with Gasteiger partial charge in [-0.2, -0.15) is 0 Å². The normalized spacial score (nSPS) is 16.4. The fraction of sp³-hybridized carbons (Fsp3) is 0.333. The summed E-state index contributed by atoms with van der Waals surface area (Å²) in [6.45, 7) is 1.71. The number of aryl methyl sites for hydroxylation is 1. The number of hydrogen-bond donors (Lipinski definition) is 2. The highest BCUT2D eigenvalue weighted by Crippen LogP contribution is 2.35. The van der Waals surface area contributed by atoms with Gasteiger partial charge in [0.15, 0.2) is 0 Å². The number of carboxylic acids is 1. The van der Waals surface area contributed by atoms with Gasteiger partial charge in [-0.3, -0.25) is 4.79 Å². The Morgan fingerprint density at radius 1 is 1.41 bits per heavy atom. The summed E-state index contributed by atoms with van der Waals surface area (Å²) in [6.07, 6.45) is 0.781. The molecule has 0 radical (unpaired) electrons. The number of rotatable bonds is 3. The summed E-state index contributed by atoms with van der Waals surface area (Å²) < 4.78 is 13.5. The van der Waals surface area contributed by atoms with Crippen molar-refractivity contribution in [2.45, 2.75) is 25.3 Å². The van der Waals surface area contributed by atoms with Gasteiger partial charge in [-0.1, -0.05) is 6.07 Å². The Kier molecular flexibility index (Phi) is 2.61. The zero-order chi connectivity index (χ0) is 12.6. The lowest BCUT2D eigenvalue weighted by Crippen LogP contribution is -2.43. The van der Waals surface area contributed by atoms with E-state index in [4.69, 9.17) is 5.11 Å². The molecule has 1 aromatic rings. The van der Waals surface area contributed by atoms with Crippen molar-refractivity contribution < 1.29 is 19.1 Å². The number of hydrogen-bond acceptors (Lipinski definition) is 2. The Hall–Kier alpha value is -1.91. The molecular formula is C12H12FNO3. The maximum absolute atomic E-state index is 13.5. The minimum atomic E-state index is -1.19. The van der Waals surface area contributed by atoms with Crippen LogP contribution in [0.3, 0.4) is 0 Å². The van der Waals surface area contributed by atoms with Crippen molar-refractivity contribution in [2.75, 3.05) is 0 Å². The quantitative estimate of drug-likeness (QED) is 0.836. The van der Waals surface area contributed by atoms with Crippen LogP contribution in [0, 0.1) is 12.7 Å². The van der Waals surface area contributed by atoms with E-state index in [0.29, 0.717) is 18.4 Å². The summed E-state index contributed by atoms with van der Waals surface area (Å²) in [5, 5.41) is 11.3. The minimum Gasteiger partial charge on any atom is -0.480 e. The first-order valence-electron chi connectivity index (χ1n) is 5.27. The maximum atomic E-state index is 13.5. The number of carbonyl (C=O) groups is 2. The van der Waals surface area contributed by atoms with E-state index in [2.05, 4.69) is 5.32 Å². The molecule has 0 heterocycles. The highest BCUT2D eigenvalue weighted by atomic mass is 19.1. The van der Waals surface area contributed by atoms with E-state index in [1.807, 2.05) is 0 Å². The molecular weight excluding hydrogens is 225 g/mol. The number of benzene rings is 1. The smallest absolute Gasteiger partial charge is 0.329 e. The van der Waals surface area contributed by atoms with Gasteiger partial charge in [-0.15, -0.1) is 0 Å². The van der Waals surface area contributed by atoms with Gasteiger partial charge >= 0.3 is 5.97 Å². The predicted molar refractivity (Wildman–Crippen MR) is 58.2 cm³/mol. The third-order valence-electron chi connectivity index (χ3n) is 2.88. The Morgan fingerprint density at radius 3 is 2.53 bits per heavy atom. The second-order valence-corrected chi connectivity index (χ2v) is 4.32. The largest absolute Gasteiger partial charge is 0.480 e. The van der Waals surface area contributed by atoms with Crippen molar-refractivity contribution in [1.82, 2.24) is 5.32 Å². The van der Waals surface area contributed by atoms with Crippen molar-refractivity contribution in [3.63, 3.8) is 0 Å². The Morgan fingerprint density at radius 2 is 2.06 bits per heavy atom. The second-order valence-electron chi connectivity index (χ2n) is 4.32. The van der Waals surface area contributed by atoms with Gasteiger partial charge in [-0.05, 0) is 37.5 Å². The number of nitrogens with one attached hydrogen (secondary N) is 1. The number of amides is 1. The molecule has 0 aromatic heterocycles. The fourth-order valence-electron chi connectivity index (χ4n) is 1.61. The van der Waals surface area contributed by atoms with Crippen LogP contribution < -0.4 is 5.32 Å². The molecule has 1 fully saturated rings. The average molecular weight is 237 g/mol. The Labute approximate surface area is 97.4 Å². The van der Waals surface area contributed by atoms with Gasteiger partial charge in [0.1, 0.15) is 11.4 Å². The first-order valence-corrected chi connectivity index (χ1v) is 5.27. The van der Waals surface area contributed by atoms with Gasteiger partial charge in [0, 0.05) is 0 Å². The maximum Gasteiger partial charge on any atom is 0.329 e. The highest BCUT2D eigenvalue weighted by Gasteiger charge is 2.51. The summed E-state index contributed by atoms with van der Waals surface area (Å²) in [6, 6.07) is 4.21. The second kappa shape index (κ2) is 3.84. The molecule has 1 saturated carbocycles. The van der Waals surface area contributed by atoms with Gasteiger partial charge in [0.25, 0.3) is 5.91 Å². The molecule has 2 rings (SSSR count). The molecule has 17 heavy (non-hydrogen) atoms. The van der Waals surface area contributed by atoms with Crippen LogP contribution in [0.4, 0.5) is 4.39 Å². The molecule has 1 aliphatic rings. The number of halogens is 1. The predicted octanol–water partition coefficient (Wildman–Crippen LogP) is 1.48. The molecule has 2 N–H and O–H groups in total. The zero-order valence-corrected chi connectivity index (χ0v) is 9.29. The van der Waals surface area contributed by atoms with E-state index >= 15 is 0 Å². The van der Waals surface area contributed by atoms with Crippen LogP contribution in [0.1, 0.15) is 28.8 Å². The lowest BCUT2D eigenvalue weighted by molar-refractivity contribution is -0.140. The van der Waals surface area contributed by atoms with Crippen molar-refractivity contribution in [3.05, 3.63) is 35.1 Å². The molecule has 0 bridgehead atoms. The minimum absolute atomic E-state index is 0.122. The molecule has 0 spiro atoms. The van der Waals surface area contributed by atoms with E-state index in [1.54, 1.807) is 13.0 Å². The molecule has 0 unspecified atom stereocenters. The summed E-state index contributed by atoms with van der Waals surface area (Å²) >= 11 is 0. The van der Waals surface area contributed by atoms with E-state index < -0.39 is 23.2 Å². The number of carbonyl (C=O) groups excluding carboxylic acids is 1. The molecule has 4 nitrogen and oxygen atoms in total. The number of aliphatic carboxylic acids is 1. The molecule has 5 heteroatoms. The van der Waals surface area contributed by atoms with Crippen molar-refractivity contribution in [1.29, 1.82) is 0 Å². The molecule has 1 aromatic carbocycles. The highest BCUT2D eigenvalue weighted by molar-refractivity contribution is 5.99. The van der Waals surface area contributed by atoms with Gasteiger partial charge in [0.05, 0.1) is 5.56 Å². The third kappa shape index (κ3) is 2.13. The molecule has 0 aliphatic heterocycles. The SMILES string of the molecule is Cc1ccc(C(=O)NC2(C(=O)O)CC2)c(F)c1. The first kappa shape index (κ1) is 11.6. The summed E-state index contributed by atoms with van der Waals surface area (Å²) in [4.78, 5) is 22.6. The van der Waals surface area contributed by atoms with Crippen LogP contribution in [-0.2, 0) is 4.79 Å². The first-order chi connectivity index (χ1) is 7.94. The molecule has 0 saturated heterocycles. The van der Waals surface area contributed by atoms with Crippen LogP contribution in [-0.4, -0.2) is 22.5 Å². The fourth-order valence-corrected chi connectivity index (χ4v) is 1.61. The third-order valence-corrected chi connectivity index (χ3v) is 2.88. The molecule has 1 amide bonds. The van der Waals surface area contributed by atoms with Crippen LogP contribution in [0.15, 0.2) is 18.2 Å². The van der Waals surface area contributed by atoms with Gasteiger partial charge < -0.3 is 10.4 Å². The molecule has 90 valence electrons. The van der Waals surface area contributed by atoms with Crippen LogP contribution in [0.2, 0.25) is 0 Å². The molecule has 0 atom stereocenters. The van der Waals surface area contributed by atoms with Gasteiger partial charge in [0.2, 0.25) is 0 Å². The summed E-state index contributed by atoms with van der Waals surface area (Å²) in [7, 11) is 0. The Balaban J connectivity index is 2.18. The molecule has 1 aliphatic carbocycles.